The molecule has 0 fully saturated rings. The zero-order chi connectivity index (χ0) is 39.2. The van der Waals surface area contributed by atoms with E-state index in [0.717, 1.165) is 0 Å². The van der Waals surface area contributed by atoms with E-state index in [-0.39, 0.29) is 52.9 Å². The largest absolute Gasteiger partial charge is 0.253 e. The van der Waals surface area contributed by atoms with E-state index in [1.807, 2.05) is 44.4 Å². The first-order chi connectivity index (χ1) is 25.2. The van der Waals surface area contributed by atoms with Crippen LogP contribution >= 0.6 is 0 Å². The number of hydrogen-bond donors (Lipinski definition) is 0. The van der Waals surface area contributed by atoms with E-state index < -0.39 is 27.6 Å². The Hall–Kier alpha value is -4.60. The van der Waals surface area contributed by atoms with Crippen molar-refractivity contribution in [2.45, 2.75) is 58.5 Å². The molecule has 0 bridgehead atoms. The van der Waals surface area contributed by atoms with Crippen molar-refractivity contribution in [3.05, 3.63) is 114 Å². The Morgan fingerprint density at radius 2 is 1.13 bits per heavy atom. The van der Waals surface area contributed by atoms with Crippen LogP contribution in [0.3, 0.4) is 0 Å². The molecule has 0 unspecified atom stereocenters. The predicted octanol–water partition coefficient (Wildman–Crippen LogP) is 8.73. The lowest BCUT2D eigenvalue weighted by atomic mass is 9.81. The molecule has 0 spiro atoms. The second kappa shape index (κ2) is 11.3. The van der Waals surface area contributed by atoms with Gasteiger partial charge >= 0.3 is 0 Å². The van der Waals surface area contributed by atoms with Gasteiger partial charge in [0.15, 0.2) is 17.5 Å². The highest BCUT2D eigenvalue weighted by atomic mass is 28.3. The number of nitrogens with zero attached hydrogens (tertiary/aromatic N) is 5. The smallest absolute Gasteiger partial charge is 0.182 e. The summed E-state index contributed by atoms with van der Waals surface area (Å²) in [5, 5.41) is 2.42. The highest BCUT2D eigenvalue weighted by Crippen LogP contribution is 2.49. The molecule has 0 atom stereocenters. The molecule has 0 radical (unpaired) electrons. The summed E-state index contributed by atoms with van der Waals surface area (Å²) in [6.07, 6.45) is 3.79. The molecule has 0 saturated heterocycles. The molecule has 0 saturated carbocycles. The van der Waals surface area contributed by atoms with Gasteiger partial charge in [0.25, 0.3) is 0 Å². The quantitative estimate of drug-likeness (QED) is 0.168. The molecule has 3 aromatic carbocycles. The second-order valence-corrected chi connectivity index (χ2v) is 24.8. The Bertz CT molecular complexity index is 2440. The van der Waals surface area contributed by atoms with Crippen LogP contribution in [0.25, 0.3) is 56.7 Å². The van der Waals surface area contributed by atoms with Crippen LogP contribution in [0.15, 0.2) is 103 Å². The van der Waals surface area contributed by atoms with Gasteiger partial charge < -0.3 is 0 Å². The molecule has 234 valence electrons. The van der Waals surface area contributed by atoms with Gasteiger partial charge in [-0.25, -0.2) is 15.0 Å². The summed E-state index contributed by atoms with van der Waals surface area (Å²) in [5.41, 5.74) is 2.61. The van der Waals surface area contributed by atoms with Crippen molar-refractivity contribution >= 4 is 26.5 Å². The molecule has 6 aromatic rings. The molecular formula is C40H41N5Si2. The van der Waals surface area contributed by atoms with Gasteiger partial charge in [-0.1, -0.05) is 120 Å². The van der Waals surface area contributed by atoms with E-state index in [0.29, 0.717) is 51.1 Å². The molecule has 3 heterocycles. The minimum Gasteiger partial charge on any atom is -0.253 e. The average molecular weight is 655 g/mol. The molecule has 7 rings (SSSR count). The third-order valence-electron chi connectivity index (χ3n) is 8.76. The maximum atomic E-state index is 9.50. The third kappa shape index (κ3) is 5.79. The van der Waals surface area contributed by atoms with E-state index in [2.05, 4.69) is 51.4 Å². The Morgan fingerprint density at radius 1 is 0.574 bits per heavy atom. The van der Waals surface area contributed by atoms with Crippen LogP contribution in [-0.4, -0.2) is 41.1 Å². The molecule has 1 aliphatic rings. The van der Waals surface area contributed by atoms with Crippen molar-refractivity contribution in [2.75, 3.05) is 0 Å². The van der Waals surface area contributed by atoms with Crippen LogP contribution in [0.5, 0.6) is 0 Å². The number of pyridine rings is 2. The lowest BCUT2D eigenvalue weighted by molar-refractivity contribution is 0.660. The van der Waals surface area contributed by atoms with E-state index >= 15 is 0 Å². The van der Waals surface area contributed by atoms with Crippen molar-refractivity contribution in [3.63, 3.8) is 0 Å². The van der Waals surface area contributed by atoms with Gasteiger partial charge in [-0.3, -0.25) is 9.97 Å². The van der Waals surface area contributed by atoms with Gasteiger partial charge in [0.1, 0.15) is 11.4 Å². The topological polar surface area (TPSA) is 64.5 Å². The van der Waals surface area contributed by atoms with Gasteiger partial charge in [-0.2, -0.15) is 0 Å². The molecular weight excluding hydrogens is 607 g/mol. The molecule has 47 heavy (non-hydrogen) atoms. The maximum Gasteiger partial charge on any atom is 0.182 e. The van der Waals surface area contributed by atoms with Crippen molar-refractivity contribution < 1.29 is 9.60 Å². The zero-order valence-electron chi connectivity index (χ0n) is 35.0. The van der Waals surface area contributed by atoms with Gasteiger partial charge in [-0.15, -0.1) is 0 Å². The number of aromatic nitrogens is 5. The predicted molar refractivity (Wildman–Crippen MR) is 201 cm³/mol. The van der Waals surface area contributed by atoms with Crippen molar-refractivity contribution in [2.24, 2.45) is 0 Å². The number of rotatable bonds is 6. The van der Waals surface area contributed by atoms with Gasteiger partial charge in [0, 0.05) is 23.4 Å². The first-order valence-corrected chi connectivity index (χ1v) is 22.8. The molecule has 1 aliphatic carbocycles. The van der Waals surface area contributed by atoms with Crippen molar-refractivity contribution in [1.82, 2.24) is 24.9 Å². The van der Waals surface area contributed by atoms with Crippen LogP contribution in [0, 0.1) is 0 Å². The van der Waals surface area contributed by atoms with E-state index in [9.17, 15) is 2.74 Å². The monoisotopic (exact) mass is 654 g/mol. The van der Waals surface area contributed by atoms with Crippen LogP contribution in [0.1, 0.15) is 34.6 Å². The minimum atomic E-state index is -1.60. The third-order valence-corrected chi connectivity index (χ3v) is 12.8. The highest BCUT2D eigenvalue weighted by Gasteiger charge is 2.35. The Kier molecular flexibility index (Phi) is 5.68. The minimum absolute atomic E-state index is 0.00314. The summed E-state index contributed by atoms with van der Waals surface area (Å²) in [4.78, 5) is 24.1. The van der Waals surface area contributed by atoms with Crippen LogP contribution in [0.2, 0.25) is 39.3 Å². The number of benzene rings is 3. The molecule has 3 aromatic heterocycles. The summed E-state index contributed by atoms with van der Waals surface area (Å²) in [7, 11) is -3.21. The Balaban J connectivity index is 1.40. The summed E-state index contributed by atoms with van der Waals surface area (Å²) >= 11 is 0. The normalized spacial score (nSPS) is 15.8. The first kappa shape index (κ1) is 23.7. The SMILES string of the molecule is [2H]c1c([2H])c([2H])c2c(c1[2H])-c1c([2H])c([2H])c(-c3cccc(-c4nc(-c5ccc([Si](C)(C)C)cn5)nc(-c5ccc([Si](C)(C)C)cn5)n4)c3)c([2H])c1C2(C)C. The summed E-state index contributed by atoms with van der Waals surface area (Å²) in [6.45, 7) is 17.2. The van der Waals surface area contributed by atoms with Gasteiger partial charge in [0.2, 0.25) is 0 Å². The number of hydrogen-bond acceptors (Lipinski definition) is 5. The van der Waals surface area contributed by atoms with Crippen molar-refractivity contribution in [1.29, 1.82) is 0 Å². The zero-order valence-corrected chi connectivity index (χ0v) is 30.0. The fourth-order valence-electron chi connectivity index (χ4n) is 5.79. The van der Waals surface area contributed by atoms with Crippen LogP contribution in [0.4, 0.5) is 0 Å². The number of fused-ring (bicyclic) bond motifs is 3. The summed E-state index contributed by atoms with van der Waals surface area (Å²) in [5.74, 6) is 1.11. The van der Waals surface area contributed by atoms with E-state index in [1.54, 1.807) is 18.2 Å². The Labute approximate surface area is 290 Å². The maximum absolute atomic E-state index is 9.50. The second-order valence-electron chi connectivity index (χ2n) is 14.6. The summed E-state index contributed by atoms with van der Waals surface area (Å²) in [6, 6.07) is 13.6. The molecule has 0 N–H and O–H groups in total. The Morgan fingerprint density at radius 3 is 1.70 bits per heavy atom. The molecule has 5 nitrogen and oxygen atoms in total. The fourth-order valence-corrected chi connectivity index (χ4v) is 7.86. The fraction of sp³-hybridized carbons (Fsp3) is 0.225. The average Bonchev–Trinajstić information content (AvgIpc) is 3.39. The lowest BCUT2D eigenvalue weighted by Gasteiger charge is -2.22. The molecule has 7 heteroatoms. The van der Waals surface area contributed by atoms with Gasteiger partial charge in [0.05, 0.1) is 25.7 Å². The van der Waals surface area contributed by atoms with Crippen LogP contribution < -0.4 is 10.4 Å². The van der Waals surface area contributed by atoms with Crippen LogP contribution in [-0.2, 0) is 5.41 Å². The van der Waals surface area contributed by atoms with E-state index in [4.69, 9.17) is 31.8 Å². The van der Waals surface area contributed by atoms with Crippen molar-refractivity contribution in [3.8, 4) is 56.7 Å². The van der Waals surface area contributed by atoms with E-state index in [1.165, 1.54) is 10.4 Å². The highest BCUT2D eigenvalue weighted by molar-refractivity contribution is 6.89. The molecule has 0 aliphatic heterocycles. The standard InChI is InChI=1S/C40H41N5Si2/c1-40(2)33-15-10-9-14-31(33)32-19-16-27(23-34(32)40)26-12-11-13-28(22-26)37-43-38(35-20-17-29(24-41-35)46(3,4)5)45-39(44-37)36-21-18-30(25-42-36)47(6,7)8/h9-25H,1-8H3/i9D,10D,14D,15D,16D,19D,23D. The first-order valence-electron chi connectivity index (χ1n) is 19.3. The lowest BCUT2D eigenvalue weighted by Crippen LogP contribution is -2.37. The summed E-state index contributed by atoms with van der Waals surface area (Å²) < 4.78 is 61.9. The van der Waals surface area contributed by atoms with Gasteiger partial charge in [-0.05, 0) is 68.0 Å². The molecule has 0 amide bonds.